The number of hydrogen-bond acceptors (Lipinski definition) is 5. The van der Waals surface area contributed by atoms with Crippen molar-refractivity contribution in [2.45, 2.75) is 14.4 Å². The normalized spacial score (nSPS) is 10.8. The molecule has 0 aliphatic rings. The number of anilines is 1. The van der Waals surface area contributed by atoms with E-state index in [4.69, 9.17) is 9.47 Å². The van der Waals surface area contributed by atoms with Gasteiger partial charge in [-0.2, -0.15) is 0 Å². The lowest BCUT2D eigenvalue weighted by molar-refractivity contribution is -0.141. The summed E-state index contributed by atoms with van der Waals surface area (Å²) in [5, 5.41) is 0. The fraction of sp³-hybridized carbons (Fsp3) is 0.467. The predicted octanol–water partition coefficient (Wildman–Crippen LogP) is 4.12. The fourth-order valence-electron chi connectivity index (χ4n) is 1.83. The van der Waals surface area contributed by atoms with E-state index >= 15 is 0 Å². The smallest absolute Gasteiger partial charge is 0.330 e. The lowest BCUT2D eigenvalue weighted by Crippen LogP contribution is -2.33. The second kappa shape index (κ2) is 11.5. The minimum Gasteiger partial charge on any atom is -0.462 e. The number of carbonyl (C=O) groups is 2. The van der Waals surface area contributed by atoms with Crippen LogP contribution in [0.2, 0.25) is 0 Å². The first-order valence-electron chi connectivity index (χ1n) is 7.02. The summed E-state index contributed by atoms with van der Waals surface area (Å²) in [5.74, 6) is -0.765. The Bertz CT molecular complexity index is 528. The van der Waals surface area contributed by atoms with Crippen molar-refractivity contribution in [1.82, 2.24) is 0 Å². The number of aryl methyl sites for hydroxylation is 1. The van der Waals surface area contributed by atoms with Gasteiger partial charge in [0.2, 0.25) is 0 Å². The molecule has 0 aliphatic carbocycles. The molecule has 9 heteroatoms. The van der Waals surface area contributed by atoms with Gasteiger partial charge in [0.05, 0.1) is 13.1 Å². The van der Waals surface area contributed by atoms with Gasteiger partial charge in [-0.05, 0) is 24.6 Å². The van der Waals surface area contributed by atoms with Crippen LogP contribution in [0, 0.1) is 6.92 Å². The van der Waals surface area contributed by atoms with Gasteiger partial charge < -0.3 is 14.4 Å². The summed E-state index contributed by atoms with van der Waals surface area (Å²) in [5.41, 5.74) is 2.10. The zero-order valence-corrected chi connectivity index (χ0v) is 19.2. The number of carbonyl (C=O) groups excluding carboxylic acids is 2. The van der Waals surface area contributed by atoms with Crippen LogP contribution in [0.3, 0.4) is 0 Å². The average molecular weight is 595 g/mol. The Morgan fingerprint density at radius 3 is 1.92 bits per heavy atom. The molecule has 0 N–H and O–H groups in total. The van der Waals surface area contributed by atoms with Crippen LogP contribution in [0.5, 0.6) is 0 Å². The van der Waals surface area contributed by atoms with E-state index in [0.717, 1.165) is 11.3 Å². The summed E-state index contributed by atoms with van der Waals surface area (Å²) in [6.45, 7) is 3.45. The molecule has 5 nitrogen and oxygen atoms in total. The van der Waals surface area contributed by atoms with Crippen molar-refractivity contribution in [3.63, 3.8) is 0 Å². The van der Waals surface area contributed by atoms with Gasteiger partial charge in [0, 0.05) is 5.69 Å². The highest BCUT2D eigenvalue weighted by atomic mass is 79.9. The summed E-state index contributed by atoms with van der Waals surface area (Å²) < 4.78 is 9.27. The van der Waals surface area contributed by atoms with E-state index in [1.165, 1.54) is 0 Å². The van der Waals surface area contributed by atoms with Gasteiger partial charge >= 0.3 is 11.9 Å². The highest BCUT2D eigenvalue weighted by Gasteiger charge is 2.15. The van der Waals surface area contributed by atoms with Gasteiger partial charge in [-0.25, -0.2) is 9.59 Å². The summed E-state index contributed by atoms with van der Waals surface area (Å²) in [6.07, 6.45) is 0. The molecule has 134 valence electrons. The Labute approximate surface area is 174 Å². The van der Waals surface area contributed by atoms with Crippen LogP contribution >= 0.6 is 63.7 Å². The molecule has 1 aromatic rings. The largest absolute Gasteiger partial charge is 0.462 e. The Balaban J connectivity index is 2.62. The summed E-state index contributed by atoms with van der Waals surface area (Å²) in [4.78, 5) is 25.0. The van der Waals surface area contributed by atoms with E-state index in [0.29, 0.717) is 13.1 Å². The Morgan fingerprint density at radius 1 is 1.00 bits per heavy atom. The second-order valence-electron chi connectivity index (χ2n) is 4.76. The third-order valence-corrected chi connectivity index (χ3v) is 4.43. The van der Waals surface area contributed by atoms with Crippen LogP contribution in [0.25, 0.3) is 0 Å². The maximum Gasteiger partial charge on any atom is 0.330 e. The quantitative estimate of drug-likeness (QED) is 0.318. The molecular formula is C15H17Br4NO4. The Morgan fingerprint density at radius 2 is 1.50 bits per heavy atom. The number of alkyl halides is 4. The van der Waals surface area contributed by atoms with Gasteiger partial charge in [0.1, 0.15) is 13.2 Å². The minimum atomic E-state index is -0.520. The van der Waals surface area contributed by atoms with E-state index < -0.39 is 7.47 Å². The molecule has 24 heavy (non-hydrogen) atoms. The van der Waals surface area contributed by atoms with Crippen molar-refractivity contribution < 1.29 is 19.1 Å². The molecule has 1 aromatic carbocycles. The zero-order valence-electron chi connectivity index (χ0n) is 12.9. The maximum absolute atomic E-state index is 11.5. The topological polar surface area (TPSA) is 55.8 Å². The highest BCUT2D eigenvalue weighted by Crippen LogP contribution is 2.16. The zero-order chi connectivity index (χ0) is 18.1. The molecule has 0 radical (unpaired) electrons. The average Bonchev–Trinajstić information content (AvgIpc) is 2.52. The van der Waals surface area contributed by atoms with Gasteiger partial charge in [0.25, 0.3) is 0 Å². The summed E-state index contributed by atoms with van der Waals surface area (Å²) >= 11 is 12.4. The van der Waals surface area contributed by atoms with E-state index in [9.17, 15) is 9.59 Å². The number of hydrogen-bond donors (Lipinski definition) is 0. The first-order chi connectivity index (χ1) is 11.3. The van der Waals surface area contributed by atoms with Crippen molar-refractivity contribution >= 4 is 81.3 Å². The van der Waals surface area contributed by atoms with Crippen molar-refractivity contribution in [3.8, 4) is 0 Å². The molecule has 0 bridgehead atoms. The lowest BCUT2D eigenvalue weighted by Gasteiger charge is -2.25. The number of benzene rings is 1. The molecule has 0 saturated heterocycles. The molecule has 0 aliphatic heterocycles. The second-order valence-corrected chi connectivity index (χ2v) is 10.9. The highest BCUT2D eigenvalue weighted by molar-refractivity contribution is 9.25. The first-order valence-corrected chi connectivity index (χ1v) is 10.7. The van der Waals surface area contributed by atoms with Crippen molar-refractivity contribution in [2.24, 2.45) is 0 Å². The third-order valence-electron chi connectivity index (χ3n) is 2.93. The van der Waals surface area contributed by atoms with Crippen LogP contribution in [0.4, 0.5) is 5.69 Å². The summed E-state index contributed by atoms with van der Waals surface area (Å²) in [7, 11) is 0. The number of esters is 2. The molecule has 0 unspecified atom stereocenters. The summed E-state index contributed by atoms with van der Waals surface area (Å²) in [6, 6.07) is 7.95. The van der Waals surface area contributed by atoms with Crippen molar-refractivity contribution in [2.75, 3.05) is 31.2 Å². The number of rotatable bonds is 9. The lowest BCUT2D eigenvalue weighted by atomic mass is 10.2. The third kappa shape index (κ3) is 8.31. The maximum atomic E-state index is 11.5. The molecule has 0 heterocycles. The van der Waals surface area contributed by atoms with Crippen molar-refractivity contribution in [1.29, 1.82) is 0 Å². The number of halogens is 4. The molecule has 1 rings (SSSR count). The van der Waals surface area contributed by atoms with Gasteiger partial charge in [-0.3, -0.25) is 0 Å². The minimum absolute atomic E-state index is 0.230. The van der Waals surface area contributed by atoms with Crippen LogP contribution in [0.15, 0.2) is 24.3 Å². The molecule has 0 saturated carbocycles. The first kappa shape index (κ1) is 21.9. The number of ether oxygens (including phenoxy) is 2. The van der Waals surface area contributed by atoms with Crippen LogP contribution < -0.4 is 4.90 Å². The van der Waals surface area contributed by atoms with Crippen LogP contribution in [-0.4, -0.2) is 45.7 Å². The predicted molar refractivity (Wildman–Crippen MR) is 109 cm³/mol. The van der Waals surface area contributed by atoms with Crippen molar-refractivity contribution in [3.05, 3.63) is 29.8 Å². The SMILES string of the molecule is Cc1cccc(N(CCOC(=O)C(Br)Br)CCOC(=O)C(Br)Br)c1. The van der Waals surface area contributed by atoms with E-state index in [1.54, 1.807) is 0 Å². The molecular weight excluding hydrogens is 578 g/mol. The van der Waals surface area contributed by atoms with Gasteiger partial charge in [-0.15, -0.1) is 0 Å². The van der Waals surface area contributed by atoms with Gasteiger partial charge in [0.15, 0.2) is 7.47 Å². The van der Waals surface area contributed by atoms with E-state index in [2.05, 4.69) is 63.7 Å². The molecule has 0 amide bonds. The molecule has 0 fully saturated rings. The molecule has 0 aromatic heterocycles. The van der Waals surface area contributed by atoms with Crippen LogP contribution in [0.1, 0.15) is 5.56 Å². The van der Waals surface area contributed by atoms with E-state index in [-0.39, 0.29) is 25.2 Å². The Kier molecular flexibility index (Phi) is 10.5. The fourth-order valence-corrected chi connectivity index (χ4v) is 2.36. The van der Waals surface area contributed by atoms with E-state index in [1.807, 2.05) is 36.1 Å². The van der Waals surface area contributed by atoms with Gasteiger partial charge in [-0.1, -0.05) is 75.9 Å². The number of nitrogens with zero attached hydrogens (tertiary/aromatic N) is 1. The molecule has 0 atom stereocenters. The monoisotopic (exact) mass is 591 g/mol. The van der Waals surface area contributed by atoms with Crippen LogP contribution in [-0.2, 0) is 19.1 Å². The standard InChI is InChI=1S/C15H17Br4NO4/c1-10-3-2-4-11(9-10)20(5-7-23-14(21)12(16)17)6-8-24-15(22)13(18)19/h2-4,9,12-13H,5-8H2,1H3. The Hall–Kier alpha value is -0.120. The molecule has 0 spiro atoms.